The Hall–Kier alpha value is -2.73. The molecule has 1 aliphatic heterocycles. The smallest absolute Gasteiger partial charge is 0.329 e. The molecule has 0 bridgehead atoms. The number of nitro groups is 1. The number of aromatic nitrogens is 2. The van der Waals surface area contributed by atoms with Crippen LogP contribution in [-0.2, 0) is 4.74 Å². The van der Waals surface area contributed by atoms with Crippen LogP contribution in [0.2, 0.25) is 0 Å². The largest absolute Gasteiger partial charge is 0.388 e. The first-order valence-electron chi connectivity index (χ1n) is 6.00. The van der Waals surface area contributed by atoms with E-state index in [9.17, 15) is 20.3 Å². The molecule has 1 unspecified atom stereocenters. The highest BCUT2D eigenvalue weighted by Gasteiger charge is 2.42. The van der Waals surface area contributed by atoms with Crippen molar-refractivity contribution < 1.29 is 19.9 Å². The zero-order chi connectivity index (χ0) is 16.3. The molecule has 5 N–H and O–H groups in total. The number of aliphatic hydroxyl groups is 2. The van der Waals surface area contributed by atoms with Gasteiger partial charge in [-0.1, -0.05) is 5.11 Å². The Labute approximate surface area is 122 Å². The predicted molar refractivity (Wildman–Crippen MR) is 71.4 cm³/mol. The summed E-state index contributed by atoms with van der Waals surface area (Å²) >= 11 is 0. The topological polar surface area (TPSA) is 205 Å². The average molecular weight is 312 g/mol. The van der Waals surface area contributed by atoms with Crippen molar-refractivity contribution in [3.8, 4) is 0 Å². The van der Waals surface area contributed by atoms with Crippen LogP contribution in [0.1, 0.15) is 0 Å². The molecule has 0 saturated carbocycles. The summed E-state index contributed by atoms with van der Waals surface area (Å²) in [6, 6.07) is 0. The first kappa shape index (κ1) is 15.7. The summed E-state index contributed by atoms with van der Waals surface area (Å²) in [5, 5.41) is 36.0. The van der Waals surface area contributed by atoms with Crippen molar-refractivity contribution in [3.05, 3.63) is 26.8 Å². The number of hydrogen-bond donors (Lipinski definition) is 4. The quantitative estimate of drug-likeness (QED) is 0.175. The highest BCUT2D eigenvalue weighted by Crippen LogP contribution is 2.24. The van der Waals surface area contributed by atoms with Gasteiger partial charge in [-0.3, -0.25) is 10.1 Å². The summed E-state index contributed by atoms with van der Waals surface area (Å²) in [6.07, 6.45) is -3.70. The van der Waals surface area contributed by atoms with Gasteiger partial charge >= 0.3 is 5.69 Å². The van der Waals surface area contributed by atoms with Crippen molar-refractivity contribution in [2.75, 3.05) is 17.6 Å². The summed E-state index contributed by atoms with van der Waals surface area (Å²) in [5.41, 5.74) is 13.2. The van der Waals surface area contributed by atoms with Crippen LogP contribution in [0.3, 0.4) is 0 Å². The van der Waals surface area contributed by atoms with Gasteiger partial charge in [0.25, 0.3) is 0 Å². The van der Waals surface area contributed by atoms with E-state index in [1.54, 1.807) is 0 Å². The molecule has 2 heterocycles. The maximum atomic E-state index is 10.6. The van der Waals surface area contributed by atoms with Gasteiger partial charge in [-0.25, -0.2) is 4.98 Å². The van der Waals surface area contributed by atoms with Gasteiger partial charge < -0.3 is 26.0 Å². The fraction of sp³-hybridized carbons (Fsp3) is 0.556. The molecule has 2 rings (SSSR count). The Morgan fingerprint density at radius 2 is 2.32 bits per heavy atom. The Bertz CT molecular complexity index is 620. The molecule has 4 atom stereocenters. The fourth-order valence-electron chi connectivity index (χ4n) is 1.86. The Morgan fingerprint density at radius 3 is 2.91 bits per heavy atom. The van der Waals surface area contributed by atoms with E-state index >= 15 is 0 Å². The van der Waals surface area contributed by atoms with Crippen LogP contribution in [0.4, 0.5) is 17.5 Å². The standard InChI is InChI=1S/C9H12N8O5/c10-7-3(17(20)21)1-12-9(14-7)15-8-6(19)5(18)4(22-8)2-13-16-11/h1,4-6,8,18-19H,2H2,(H3,10,12,14,15)/t4-,5-,6-,8?/m1/s1. The van der Waals surface area contributed by atoms with Crippen LogP contribution in [-0.4, -0.2) is 56.2 Å². The third-order valence-electron chi connectivity index (χ3n) is 2.95. The predicted octanol–water partition coefficient (Wildman–Crippen LogP) is -0.864. The molecule has 13 heteroatoms. The number of rotatable bonds is 5. The molecule has 0 amide bonds. The van der Waals surface area contributed by atoms with Crippen molar-refractivity contribution in [1.29, 1.82) is 0 Å². The molecule has 1 saturated heterocycles. The van der Waals surface area contributed by atoms with Crippen LogP contribution < -0.4 is 11.1 Å². The van der Waals surface area contributed by atoms with Gasteiger partial charge in [-0.15, -0.1) is 0 Å². The van der Waals surface area contributed by atoms with Gasteiger partial charge in [-0.05, 0) is 5.53 Å². The van der Waals surface area contributed by atoms with E-state index in [0.29, 0.717) is 0 Å². The molecule has 0 aliphatic carbocycles. The molecule has 0 aromatic carbocycles. The zero-order valence-electron chi connectivity index (χ0n) is 11.0. The van der Waals surface area contributed by atoms with E-state index in [2.05, 4.69) is 25.3 Å². The molecule has 22 heavy (non-hydrogen) atoms. The van der Waals surface area contributed by atoms with Gasteiger partial charge in [0.2, 0.25) is 11.8 Å². The normalized spacial score (nSPS) is 27.2. The van der Waals surface area contributed by atoms with Crippen molar-refractivity contribution in [2.45, 2.75) is 24.5 Å². The number of hydrogen-bond acceptors (Lipinski definition) is 10. The van der Waals surface area contributed by atoms with Gasteiger partial charge in [0.05, 0.1) is 17.6 Å². The summed E-state index contributed by atoms with van der Waals surface area (Å²) in [4.78, 5) is 19.7. The third-order valence-corrected chi connectivity index (χ3v) is 2.95. The van der Waals surface area contributed by atoms with E-state index in [1.165, 1.54) is 0 Å². The second kappa shape index (κ2) is 6.36. The molecule has 1 fully saturated rings. The maximum absolute atomic E-state index is 10.6. The Kier molecular flexibility index (Phi) is 4.53. The van der Waals surface area contributed by atoms with Crippen molar-refractivity contribution >= 4 is 17.5 Å². The number of aliphatic hydroxyl groups excluding tert-OH is 2. The van der Waals surface area contributed by atoms with Gasteiger partial charge in [-0.2, -0.15) is 4.98 Å². The summed E-state index contributed by atoms with van der Waals surface area (Å²) in [6.45, 7) is -0.170. The molecule has 118 valence electrons. The maximum Gasteiger partial charge on any atom is 0.329 e. The minimum absolute atomic E-state index is 0.121. The molecule has 1 aromatic heterocycles. The summed E-state index contributed by atoms with van der Waals surface area (Å²) in [7, 11) is 0. The number of nitrogens with one attached hydrogen (secondary N) is 1. The lowest BCUT2D eigenvalue weighted by Crippen LogP contribution is -2.36. The molecule has 1 aliphatic rings. The lowest BCUT2D eigenvalue weighted by Gasteiger charge is -2.16. The Morgan fingerprint density at radius 1 is 1.59 bits per heavy atom. The highest BCUT2D eigenvalue weighted by molar-refractivity contribution is 5.53. The van der Waals surface area contributed by atoms with Crippen LogP contribution >= 0.6 is 0 Å². The first-order valence-corrected chi connectivity index (χ1v) is 6.00. The average Bonchev–Trinajstić information content (AvgIpc) is 2.73. The van der Waals surface area contributed by atoms with Gasteiger partial charge in [0.1, 0.15) is 18.4 Å². The van der Waals surface area contributed by atoms with E-state index in [1.807, 2.05) is 0 Å². The van der Waals surface area contributed by atoms with Crippen molar-refractivity contribution in [1.82, 2.24) is 9.97 Å². The molecule has 13 nitrogen and oxygen atoms in total. The summed E-state index contributed by atoms with van der Waals surface area (Å²) in [5.74, 6) is -0.482. The van der Waals surface area contributed by atoms with Crippen molar-refractivity contribution in [3.63, 3.8) is 0 Å². The Balaban J connectivity index is 2.09. The molecule has 1 aromatic rings. The fourth-order valence-corrected chi connectivity index (χ4v) is 1.86. The van der Waals surface area contributed by atoms with Crippen LogP contribution in [0, 0.1) is 10.1 Å². The number of nitrogen functional groups attached to an aromatic ring is 1. The number of nitrogens with zero attached hydrogens (tertiary/aromatic N) is 6. The third kappa shape index (κ3) is 3.12. The van der Waals surface area contributed by atoms with E-state index in [4.69, 9.17) is 16.0 Å². The van der Waals surface area contributed by atoms with Gasteiger partial charge in [0, 0.05) is 4.91 Å². The van der Waals surface area contributed by atoms with Crippen LogP contribution in [0.5, 0.6) is 0 Å². The minimum Gasteiger partial charge on any atom is -0.388 e. The van der Waals surface area contributed by atoms with Gasteiger partial charge in [0.15, 0.2) is 6.23 Å². The monoisotopic (exact) mass is 312 g/mol. The minimum atomic E-state index is -1.33. The van der Waals surface area contributed by atoms with E-state index in [0.717, 1.165) is 6.20 Å². The SMILES string of the molecule is [N-]=[N+]=NC[C@H]1OC(Nc2ncc([N+](=O)[O-])c(N)n2)[C@H](O)[C@@H]1O. The van der Waals surface area contributed by atoms with Crippen LogP contribution in [0.15, 0.2) is 11.3 Å². The second-order valence-electron chi connectivity index (χ2n) is 4.36. The summed E-state index contributed by atoms with van der Waals surface area (Å²) < 4.78 is 5.28. The molecule has 0 spiro atoms. The molecular formula is C9H12N8O5. The number of azide groups is 1. The molecule has 0 radical (unpaired) electrons. The second-order valence-corrected chi connectivity index (χ2v) is 4.36. The lowest BCUT2D eigenvalue weighted by molar-refractivity contribution is -0.384. The zero-order valence-corrected chi connectivity index (χ0v) is 11.0. The lowest BCUT2D eigenvalue weighted by atomic mass is 10.1. The van der Waals surface area contributed by atoms with E-state index in [-0.39, 0.29) is 18.3 Å². The highest BCUT2D eigenvalue weighted by atomic mass is 16.6. The first-order chi connectivity index (χ1) is 10.4. The van der Waals surface area contributed by atoms with Crippen molar-refractivity contribution in [2.24, 2.45) is 5.11 Å². The van der Waals surface area contributed by atoms with E-state index < -0.39 is 35.2 Å². The number of anilines is 2. The molecular weight excluding hydrogens is 300 g/mol. The number of ether oxygens (including phenoxy) is 1. The van der Waals surface area contributed by atoms with Crippen LogP contribution in [0.25, 0.3) is 10.4 Å². The number of nitrogens with two attached hydrogens (primary N) is 1.